The molecule has 0 rings (SSSR count). The Labute approximate surface area is 64.7 Å². The monoisotopic (exact) mass is 157 g/mol. The highest BCUT2D eigenvalue weighted by atomic mass is 16.4. The smallest absolute Gasteiger partial charge is 0.332 e. The van der Waals surface area contributed by atoms with Gasteiger partial charge in [0.15, 0.2) is 0 Å². The lowest BCUT2D eigenvalue weighted by molar-refractivity contribution is -0.133. The Kier molecular flexibility index (Phi) is 3.30. The molecule has 0 aromatic carbocycles. The number of carboxylic acid groups (broad SMARTS) is 1. The summed E-state index contributed by atoms with van der Waals surface area (Å²) in [5, 5.41) is 8.52. The second-order valence-corrected chi connectivity index (χ2v) is 2.46. The van der Waals surface area contributed by atoms with Crippen LogP contribution in [0.1, 0.15) is 13.8 Å². The lowest BCUT2D eigenvalue weighted by Gasteiger charge is -2.03. The van der Waals surface area contributed by atoms with Crippen molar-refractivity contribution in [1.29, 1.82) is 0 Å². The number of primary amides is 1. The van der Waals surface area contributed by atoms with Gasteiger partial charge in [-0.25, -0.2) is 4.79 Å². The first-order chi connectivity index (χ1) is 4.95. The van der Waals surface area contributed by atoms with Gasteiger partial charge in [-0.05, 0) is 5.92 Å². The Hall–Kier alpha value is -1.32. The van der Waals surface area contributed by atoms with E-state index in [9.17, 15) is 9.59 Å². The van der Waals surface area contributed by atoms with E-state index in [2.05, 4.69) is 0 Å². The molecular formula is C7H11NO3. The van der Waals surface area contributed by atoms with Crippen LogP contribution in [0.4, 0.5) is 0 Å². The molecule has 4 nitrogen and oxygen atoms in total. The quantitative estimate of drug-likeness (QED) is 0.572. The molecular weight excluding hydrogens is 146 g/mol. The van der Waals surface area contributed by atoms with Crippen molar-refractivity contribution < 1.29 is 14.7 Å². The molecule has 0 saturated carbocycles. The Morgan fingerprint density at radius 3 is 2.00 bits per heavy atom. The Bertz CT molecular complexity index is 206. The molecule has 0 spiro atoms. The topological polar surface area (TPSA) is 80.4 Å². The van der Waals surface area contributed by atoms with Gasteiger partial charge in [0, 0.05) is 11.6 Å². The molecule has 0 aliphatic rings. The standard InChI is InChI=1S/C7H11NO3/c1-4(2)5(7(10)11)3-6(8)9/h3-4H,1-2H3,(H2,8,9)(H,10,11)/b5-3-. The average molecular weight is 157 g/mol. The van der Waals surface area contributed by atoms with E-state index in [4.69, 9.17) is 10.8 Å². The SMILES string of the molecule is CC(C)/C(=C/C(N)=O)C(=O)O. The average Bonchev–Trinajstić information content (AvgIpc) is 1.81. The summed E-state index contributed by atoms with van der Waals surface area (Å²) < 4.78 is 0. The molecule has 0 atom stereocenters. The van der Waals surface area contributed by atoms with E-state index in [0.29, 0.717) is 0 Å². The van der Waals surface area contributed by atoms with Gasteiger partial charge >= 0.3 is 5.97 Å². The third-order valence-electron chi connectivity index (χ3n) is 1.17. The zero-order valence-corrected chi connectivity index (χ0v) is 6.50. The van der Waals surface area contributed by atoms with E-state index >= 15 is 0 Å². The highest BCUT2D eigenvalue weighted by Crippen LogP contribution is 2.08. The molecule has 0 fully saturated rings. The van der Waals surface area contributed by atoms with Crippen molar-refractivity contribution in [3.8, 4) is 0 Å². The van der Waals surface area contributed by atoms with E-state index in [1.807, 2.05) is 0 Å². The fourth-order valence-electron chi connectivity index (χ4n) is 0.629. The Balaban J connectivity index is 4.60. The number of nitrogens with two attached hydrogens (primary N) is 1. The van der Waals surface area contributed by atoms with Crippen LogP contribution in [0.2, 0.25) is 0 Å². The molecule has 0 unspecified atom stereocenters. The molecule has 0 aromatic heterocycles. The van der Waals surface area contributed by atoms with Gasteiger partial charge in [-0.1, -0.05) is 13.8 Å². The third kappa shape index (κ3) is 3.40. The van der Waals surface area contributed by atoms with Crippen molar-refractivity contribution in [1.82, 2.24) is 0 Å². The van der Waals surface area contributed by atoms with Crippen LogP contribution < -0.4 is 5.73 Å². The zero-order valence-electron chi connectivity index (χ0n) is 6.50. The first-order valence-electron chi connectivity index (χ1n) is 3.19. The molecule has 0 aliphatic carbocycles. The van der Waals surface area contributed by atoms with Crippen LogP contribution in [0, 0.1) is 5.92 Å². The first kappa shape index (κ1) is 9.68. The third-order valence-corrected chi connectivity index (χ3v) is 1.17. The summed E-state index contributed by atoms with van der Waals surface area (Å²) in [7, 11) is 0. The highest BCUT2D eigenvalue weighted by Gasteiger charge is 2.11. The van der Waals surface area contributed by atoms with Crippen LogP contribution in [0.3, 0.4) is 0 Å². The van der Waals surface area contributed by atoms with Gasteiger partial charge < -0.3 is 10.8 Å². The molecule has 4 heteroatoms. The minimum Gasteiger partial charge on any atom is -0.478 e. The van der Waals surface area contributed by atoms with Gasteiger partial charge in [-0.2, -0.15) is 0 Å². The Morgan fingerprint density at radius 2 is 1.91 bits per heavy atom. The van der Waals surface area contributed by atoms with Crippen LogP contribution in [0.25, 0.3) is 0 Å². The number of amides is 1. The van der Waals surface area contributed by atoms with Crippen molar-refractivity contribution in [2.45, 2.75) is 13.8 Å². The number of hydrogen-bond donors (Lipinski definition) is 2. The van der Waals surface area contributed by atoms with Crippen LogP contribution in [0.5, 0.6) is 0 Å². The van der Waals surface area contributed by atoms with Crippen molar-refractivity contribution in [2.75, 3.05) is 0 Å². The van der Waals surface area contributed by atoms with Crippen molar-refractivity contribution in [3.63, 3.8) is 0 Å². The van der Waals surface area contributed by atoms with E-state index in [0.717, 1.165) is 6.08 Å². The molecule has 0 aromatic rings. The van der Waals surface area contributed by atoms with Crippen molar-refractivity contribution in [3.05, 3.63) is 11.6 Å². The molecule has 0 bridgehead atoms. The predicted molar refractivity (Wildman–Crippen MR) is 39.8 cm³/mol. The molecule has 11 heavy (non-hydrogen) atoms. The molecule has 0 heterocycles. The van der Waals surface area contributed by atoms with E-state index < -0.39 is 11.9 Å². The summed E-state index contributed by atoms with van der Waals surface area (Å²) in [4.78, 5) is 20.7. The van der Waals surface area contributed by atoms with Crippen molar-refractivity contribution >= 4 is 11.9 Å². The number of hydrogen-bond acceptors (Lipinski definition) is 2. The molecule has 0 aliphatic heterocycles. The summed E-state index contributed by atoms with van der Waals surface area (Å²) in [6.07, 6.45) is 0.938. The van der Waals surface area contributed by atoms with Crippen molar-refractivity contribution in [2.24, 2.45) is 11.7 Å². The van der Waals surface area contributed by atoms with Crippen LogP contribution in [-0.2, 0) is 9.59 Å². The Morgan fingerprint density at radius 1 is 1.45 bits per heavy atom. The van der Waals surface area contributed by atoms with Crippen LogP contribution >= 0.6 is 0 Å². The minimum atomic E-state index is -1.10. The number of carboxylic acids is 1. The second-order valence-electron chi connectivity index (χ2n) is 2.46. The molecule has 1 amide bonds. The lowest BCUT2D eigenvalue weighted by atomic mass is 10.0. The number of aliphatic carboxylic acids is 1. The number of carbonyl (C=O) groups excluding carboxylic acids is 1. The first-order valence-corrected chi connectivity index (χ1v) is 3.19. The summed E-state index contributed by atoms with van der Waals surface area (Å²) in [5.74, 6) is -2.02. The van der Waals surface area contributed by atoms with E-state index in [1.54, 1.807) is 13.8 Å². The lowest BCUT2D eigenvalue weighted by Crippen LogP contribution is -2.14. The second kappa shape index (κ2) is 3.75. The maximum absolute atomic E-state index is 10.4. The van der Waals surface area contributed by atoms with Gasteiger partial charge in [-0.3, -0.25) is 4.79 Å². The number of carbonyl (C=O) groups is 2. The largest absolute Gasteiger partial charge is 0.478 e. The highest BCUT2D eigenvalue weighted by molar-refractivity contribution is 5.97. The minimum absolute atomic E-state index is 0.0394. The van der Waals surface area contributed by atoms with E-state index in [1.165, 1.54) is 0 Å². The van der Waals surface area contributed by atoms with E-state index in [-0.39, 0.29) is 11.5 Å². The summed E-state index contributed by atoms with van der Waals surface area (Å²) in [5.41, 5.74) is 4.83. The zero-order chi connectivity index (χ0) is 9.02. The maximum Gasteiger partial charge on any atom is 0.332 e. The van der Waals surface area contributed by atoms with Gasteiger partial charge in [0.1, 0.15) is 0 Å². The molecule has 0 saturated heterocycles. The summed E-state index contributed by atoms with van der Waals surface area (Å²) in [6, 6.07) is 0. The van der Waals surface area contributed by atoms with Gasteiger partial charge in [0.05, 0.1) is 0 Å². The summed E-state index contributed by atoms with van der Waals surface area (Å²) in [6.45, 7) is 3.37. The van der Waals surface area contributed by atoms with Gasteiger partial charge in [0.2, 0.25) is 5.91 Å². The fraction of sp³-hybridized carbons (Fsp3) is 0.429. The molecule has 0 radical (unpaired) electrons. The van der Waals surface area contributed by atoms with Gasteiger partial charge in [-0.15, -0.1) is 0 Å². The predicted octanol–water partition coefficient (Wildman–Crippen LogP) is 0.139. The fourth-order valence-corrected chi connectivity index (χ4v) is 0.629. The maximum atomic E-state index is 10.4. The normalized spacial score (nSPS) is 11.7. The van der Waals surface area contributed by atoms with Crippen LogP contribution in [-0.4, -0.2) is 17.0 Å². The van der Waals surface area contributed by atoms with Crippen LogP contribution in [0.15, 0.2) is 11.6 Å². The number of rotatable bonds is 3. The molecule has 62 valence electrons. The summed E-state index contributed by atoms with van der Waals surface area (Å²) >= 11 is 0. The van der Waals surface area contributed by atoms with Gasteiger partial charge in [0.25, 0.3) is 0 Å². The molecule has 3 N–H and O–H groups in total.